The molecule has 1 atom stereocenters. The Bertz CT molecular complexity index is 712. The normalized spacial score (nSPS) is 12.5. The molecule has 3 rings (SSSR count). The van der Waals surface area contributed by atoms with Gasteiger partial charge in [0, 0.05) is 29.7 Å². The van der Waals surface area contributed by atoms with Gasteiger partial charge in [-0.05, 0) is 44.0 Å². The molecule has 0 bridgehead atoms. The van der Waals surface area contributed by atoms with Gasteiger partial charge in [-0.15, -0.1) is 11.3 Å². The fourth-order valence-corrected chi connectivity index (χ4v) is 4.07. The largest absolute Gasteiger partial charge is 0.295 e. The number of aryl methyl sites for hydroxylation is 2. The van der Waals surface area contributed by atoms with Crippen LogP contribution in [0.3, 0.4) is 0 Å². The summed E-state index contributed by atoms with van der Waals surface area (Å²) in [4.78, 5) is 8.89. The van der Waals surface area contributed by atoms with Crippen molar-refractivity contribution in [3.8, 4) is 5.69 Å². The lowest BCUT2D eigenvalue weighted by Crippen LogP contribution is -1.98. The van der Waals surface area contributed by atoms with E-state index in [0.717, 1.165) is 10.2 Å². The number of aromatic nitrogens is 3. The van der Waals surface area contributed by atoms with Gasteiger partial charge in [-0.3, -0.25) is 4.57 Å². The molecule has 0 aliphatic carbocycles. The summed E-state index contributed by atoms with van der Waals surface area (Å²) in [6.45, 7) is 6.42. The highest BCUT2D eigenvalue weighted by molar-refractivity contribution is 7.99. The van der Waals surface area contributed by atoms with Crippen LogP contribution in [0.25, 0.3) is 5.69 Å². The first kappa shape index (κ1) is 14.4. The van der Waals surface area contributed by atoms with Crippen molar-refractivity contribution in [2.24, 2.45) is 0 Å². The predicted molar refractivity (Wildman–Crippen MR) is 89.4 cm³/mol. The summed E-state index contributed by atoms with van der Waals surface area (Å²) in [5.41, 5.74) is 3.70. The maximum Gasteiger partial charge on any atom is 0.173 e. The fraction of sp³-hybridized carbons (Fsp3) is 0.250. The molecule has 108 valence electrons. The van der Waals surface area contributed by atoms with Crippen LogP contribution in [0.4, 0.5) is 0 Å². The summed E-state index contributed by atoms with van der Waals surface area (Å²) < 4.78 is 2.15. The van der Waals surface area contributed by atoms with Gasteiger partial charge in [-0.2, -0.15) is 0 Å². The SMILES string of the molecule is Cc1cc(C)cc(-n2ccnc2SC(C)c2nccs2)c1. The van der Waals surface area contributed by atoms with Gasteiger partial charge in [-0.1, -0.05) is 17.8 Å². The molecule has 0 radical (unpaired) electrons. The molecule has 0 fully saturated rings. The van der Waals surface area contributed by atoms with Gasteiger partial charge in [-0.25, -0.2) is 9.97 Å². The number of rotatable bonds is 4. The van der Waals surface area contributed by atoms with Crippen molar-refractivity contribution in [1.29, 1.82) is 0 Å². The van der Waals surface area contributed by atoms with E-state index in [1.807, 2.05) is 24.0 Å². The van der Waals surface area contributed by atoms with E-state index in [-0.39, 0.29) is 0 Å². The molecular weight excluding hydrogens is 298 g/mol. The summed E-state index contributed by atoms with van der Waals surface area (Å²) in [7, 11) is 0. The van der Waals surface area contributed by atoms with Crippen LogP contribution in [-0.4, -0.2) is 14.5 Å². The van der Waals surface area contributed by atoms with Crippen LogP contribution in [0.1, 0.15) is 28.3 Å². The van der Waals surface area contributed by atoms with E-state index in [2.05, 4.69) is 53.5 Å². The lowest BCUT2D eigenvalue weighted by atomic mass is 10.1. The molecule has 0 aliphatic heterocycles. The van der Waals surface area contributed by atoms with Gasteiger partial charge in [0.1, 0.15) is 5.01 Å². The van der Waals surface area contributed by atoms with E-state index < -0.39 is 0 Å². The monoisotopic (exact) mass is 315 g/mol. The van der Waals surface area contributed by atoms with E-state index in [4.69, 9.17) is 0 Å². The molecule has 21 heavy (non-hydrogen) atoms. The third kappa shape index (κ3) is 3.19. The average Bonchev–Trinajstić information content (AvgIpc) is 3.08. The minimum absolute atomic E-state index is 0.303. The van der Waals surface area contributed by atoms with Gasteiger partial charge in [0.15, 0.2) is 5.16 Å². The average molecular weight is 315 g/mol. The molecule has 0 spiro atoms. The van der Waals surface area contributed by atoms with Crippen LogP contribution in [-0.2, 0) is 0 Å². The molecule has 3 aromatic rings. The molecule has 0 aliphatic rings. The summed E-state index contributed by atoms with van der Waals surface area (Å²) in [5, 5.41) is 4.46. The van der Waals surface area contributed by atoms with Crippen molar-refractivity contribution in [2.45, 2.75) is 31.2 Å². The molecule has 0 saturated carbocycles. The molecule has 0 saturated heterocycles. The van der Waals surface area contributed by atoms with E-state index in [1.54, 1.807) is 23.1 Å². The second-order valence-corrected chi connectivity index (χ2v) is 7.29. The predicted octanol–water partition coefficient (Wildman–Crippen LogP) is 4.80. The van der Waals surface area contributed by atoms with E-state index in [9.17, 15) is 0 Å². The van der Waals surface area contributed by atoms with Crippen molar-refractivity contribution in [2.75, 3.05) is 0 Å². The van der Waals surface area contributed by atoms with Crippen LogP contribution in [0.15, 0.2) is 47.3 Å². The zero-order valence-electron chi connectivity index (χ0n) is 12.3. The first-order chi connectivity index (χ1) is 10.1. The number of benzene rings is 1. The van der Waals surface area contributed by atoms with Crippen molar-refractivity contribution >= 4 is 23.1 Å². The van der Waals surface area contributed by atoms with Gasteiger partial charge in [0.25, 0.3) is 0 Å². The highest BCUT2D eigenvalue weighted by Crippen LogP contribution is 2.35. The molecule has 5 heteroatoms. The Morgan fingerprint density at radius 1 is 1.10 bits per heavy atom. The van der Waals surface area contributed by atoms with E-state index in [0.29, 0.717) is 5.25 Å². The summed E-state index contributed by atoms with van der Waals surface area (Å²) in [6.07, 6.45) is 5.73. The standard InChI is InChI=1S/C16H17N3S2/c1-11-8-12(2)10-14(9-11)19-6-4-18-16(19)21-13(3)15-17-5-7-20-15/h4-10,13H,1-3H3. The number of imidazole rings is 1. The van der Waals surface area contributed by atoms with E-state index in [1.165, 1.54) is 16.8 Å². The molecule has 0 N–H and O–H groups in total. The minimum atomic E-state index is 0.303. The van der Waals surface area contributed by atoms with Gasteiger partial charge >= 0.3 is 0 Å². The number of thioether (sulfide) groups is 1. The first-order valence-corrected chi connectivity index (χ1v) is 8.57. The molecule has 2 heterocycles. The Labute approximate surface area is 133 Å². The molecule has 0 amide bonds. The highest BCUT2D eigenvalue weighted by atomic mass is 32.2. The second kappa shape index (κ2) is 6.03. The minimum Gasteiger partial charge on any atom is -0.295 e. The van der Waals surface area contributed by atoms with Gasteiger partial charge in [0.2, 0.25) is 0 Å². The van der Waals surface area contributed by atoms with Crippen LogP contribution in [0.5, 0.6) is 0 Å². The van der Waals surface area contributed by atoms with E-state index >= 15 is 0 Å². The topological polar surface area (TPSA) is 30.7 Å². The Morgan fingerprint density at radius 2 is 1.86 bits per heavy atom. The number of hydrogen-bond acceptors (Lipinski definition) is 4. The Morgan fingerprint density at radius 3 is 2.52 bits per heavy atom. The van der Waals surface area contributed by atoms with Crippen LogP contribution in [0, 0.1) is 13.8 Å². The Balaban J connectivity index is 1.90. The quantitative estimate of drug-likeness (QED) is 0.648. The van der Waals surface area contributed by atoms with Crippen molar-refractivity contribution in [3.63, 3.8) is 0 Å². The first-order valence-electron chi connectivity index (χ1n) is 6.81. The fourth-order valence-electron chi connectivity index (χ4n) is 2.31. The van der Waals surface area contributed by atoms with Crippen LogP contribution >= 0.6 is 23.1 Å². The molecule has 1 unspecified atom stereocenters. The van der Waals surface area contributed by atoms with Crippen LogP contribution < -0.4 is 0 Å². The lowest BCUT2D eigenvalue weighted by molar-refractivity contribution is 0.883. The Kier molecular flexibility index (Phi) is 4.12. The Hall–Kier alpha value is -1.59. The van der Waals surface area contributed by atoms with Gasteiger partial charge in [0.05, 0.1) is 5.25 Å². The van der Waals surface area contributed by atoms with Crippen molar-refractivity contribution < 1.29 is 0 Å². The van der Waals surface area contributed by atoms with Gasteiger partial charge < -0.3 is 0 Å². The maximum atomic E-state index is 4.50. The maximum absolute atomic E-state index is 4.50. The number of hydrogen-bond donors (Lipinski definition) is 0. The molecule has 1 aromatic carbocycles. The highest BCUT2D eigenvalue weighted by Gasteiger charge is 2.14. The molecule has 2 aromatic heterocycles. The summed E-state index contributed by atoms with van der Waals surface area (Å²) in [6, 6.07) is 6.56. The lowest BCUT2D eigenvalue weighted by Gasteiger charge is -2.12. The molecular formula is C16H17N3S2. The molecule has 3 nitrogen and oxygen atoms in total. The zero-order valence-corrected chi connectivity index (χ0v) is 13.9. The van der Waals surface area contributed by atoms with Crippen molar-refractivity contribution in [3.05, 3.63) is 58.3 Å². The third-order valence-electron chi connectivity index (χ3n) is 3.17. The van der Waals surface area contributed by atoms with Crippen LogP contribution in [0.2, 0.25) is 0 Å². The zero-order chi connectivity index (χ0) is 14.8. The summed E-state index contributed by atoms with van der Waals surface area (Å²) >= 11 is 3.43. The summed E-state index contributed by atoms with van der Waals surface area (Å²) in [5.74, 6) is 0. The second-order valence-electron chi connectivity index (χ2n) is 5.06. The number of thiazole rings is 1. The third-order valence-corrected chi connectivity index (χ3v) is 5.37. The smallest absolute Gasteiger partial charge is 0.173 e. The van der Waals surface area contributed by atoms with Crippen molar-refractivity contribution in [1.82, 2.24) is 14.5 Å². The number of nitrogens with zero attached hydrogens (tertiary/aromatic N) is 3.